The molecule has 0 radical (unpaired) electrons. The van der Waals surface area contributed by atoms with E-state index in [9.17, 15) is 5.11 Å². The molecular weight excluding hydrogens is 562 g/mol. The second-order valence-electron chi connectivity index (χ2n) is 13.4. The van der Waals surface area contributed by atoms with Crippen LogP contribution < -0.4 is 0 Å². The third kappa shape index (κ3) is 37.5. The molecule has 0 saturated carbocycles. The summed E-state index contributed by atoms with van der Waals surface area (Å²) in [7, 11) is 0. The van der Waals surface area contributed by atoms with Crippen molar-refractivity contribution in [3.63, 3.8) is 0 Å². The minimum atomic E-state index is -0.788. The topological polar surface area (TPSA) is 96.7 Å². The molecule has 0 fully saturated rings. The number of rotatable bonds is 39. The van der Waals surface area contributed by atoms with Crippen LogP contribution in [0.2, 0.25) is 0 Å². The van der Waals surface area contributed by atoms with E-state index in [-0.39, 0.29) is 19.3 Å². The third-order valence-corrected chi connectivity index (χ3v) is 8.77. The van der Waals surface area contributed by atoms with Gasteiger partial charge < -0.3 is 19.3 Å². The summed E-state index contributed by atoms with van der Waals surface area (Å²) in [6, 6.07) is 0. The van der Waals surface area contributed by atoms with Crippen LogP contribution >= 0.6 is 0 Å². The molecule has 0 heterocycles. The van der Waals surface area contributed by atoms with Crippen molar-refractivity contribution in [2.75, 3.05) is 39.6 Å². The summed E-state index contributed by atoms with van der Waals surface area (Å²) in [6.45, 7) is 7.10. The molecule has 268 valence electrons. The first-order valence-corrected chi connectivity index (χ1v) is 19.7. The lowest BCUT2D eigenvalue weighted by molar-refractivity contribution is -0.0719. The highest BCUT2D eigenvalue weighted by molar-refractivity contribution is 4.61. The standard InChI is InChI=1S/C38H77N3O4/c1-3-5-7-9-11-13-15-17-19-21-23-25-27-29-31-43-35-38(36-44-34-37(42)33-40-41-39)45-32-30-28-26-24-22-20-18-16-14-12-10-8-6-4-2/h37-38,42H,3-36H2,1-2H3. The summed E-state index contributed by atoms with van der Waals surface area (Å²) in [4.78, 5) is 2.69. The van der Waals surface area contributed by atoms with Gasteiger partial charge in [0.2, 0.25) is 0 Å². The van der Waals surface area contributed by atoms with Gasteiger partial charge in [0, 0.05) is 18.1 Å². The second-order valence-corrected chi connectivity index (χ2v) is 13.4. The monoisotopic (exact) mass is 640 g/mol. The molecule has 0 saturated heterocycles. The Morgan fingerprint density at radius 1 is 0.489 bits per heavy atom. The summed E-state index contributed by atoms with van der Waals surface area (Å²) < 4.78 is 17.8. The van der Waals surface area contributed by atoms with Gasteiger partial charge in [0.15, 0.2) is 0 Å². The van der Waals surface area contributed by atoms with E-state index < -0.39 is 6.10 Å². The number of nitrogens with zero attached hydrogens (tertiary/aromatic N) is 3. The van der Waals surface area contributed by atoms with Crippen molar-refractivity contribution in [3.05, 3.63) is 10.4 Å². The number of azide groups is 1. The van der Waals surface area contributed by atoms with Gasteiger partial charge in [-0.25, -0.2) is 0 Å². The molecular formula is C38H77N3O4. The van der Waals surface area contributed by atoms with Gasteiger partial charge in [0.1, 0.15) is 6.10 Å². The molecule has 0 aliphatic heterocycles. The van der Waals surface area contributed by atoms with Crippen molar-refractivity contribution >= 4 is 0 Å². The molecule has 0 aliphatic rings. The summed E-state index contributed by atoms with van der Waals surface area (Å²) >= 11 is 0. The van der Waals surface area contributed by atoms with E-state index >= 15 is 0 Å². The molecule has 0 aliphatic carbocycles. The molecule has 0 aromatic rings. The normalized spacial score (nSPS) is 12.8. The number of hydrogen-bond donors (Lipinski definition) is 1. The maximum Gasteiger partial charge on any atom is 0.104 e. The number of unbranched alkanes of at least 4 members (excludes halogenated alkanes) is 26. The second kappa shape index (κ2) is 39.3. The Hall–Kier alpha value is -0.850. The first-order valence-electron chi connectivity index (χ1n) is 19.7. The predicted molar refractivity (Wildman–Crippen MR) is 192 cm³/mol. The van der Waals surface area contributed by atoms with Gasteiger partial charge in [-0.15, -0.1) is 0 Å². The van der Waals surface area contributed by atoms with Gasteiger partial charge in [-0.1, -0.05) is 186 Å². The van der Waals surface area contributed by atoms with Gasteiger partial charge in [0.05, 0.1) is 32.5 Å². The van der Waals surface area contributed by atoms with E-state index in [2.05, 4.69) is 23.9 Å². The number of aliphatic hydroxyl groups is 1. The van der Waals surface area contributed by atoms with Crippen LogP contribution in [-0.4, -0.2) is 56.9 Å². The molecule has 7 nitrogen and oxygen atoms in total. The van der Waals surface area contributed by atoms with Crippen LogP contribution in [0.4, 0.5) is 0 Å². The van der Waals surface area contributed by atoms with E-state index in [0.717, 1.165) is 26.1 Å². The largest absolute Gasteiger partial charge is 0.391 e. The van der Waals surface area contributed by atoms with Gasteiger partial charge in [0.25, 0.3) is 0 Å². The Balaban J connectivity index is 3.83. The quantitative estimate of drug-likeness (QED) is 0.0313. The zero-order valence-electron chi connectivity index (χ0n) is 30.2. The molecule has 0 rings (SSSR count). The molecule has 0 spiro atoms. The van der Waals surface area contributed by atoms with E-state index in [0.29, 0.717) is 13.2 Å². The molecule has 0 amide bonds. The third-order valence-electron chi connectivity index (χ3n) is 8.77. The summed E-state index contributed by atoms with van der Waals surface area (Å²) in [5.74, 6) is 0. The fourth-order valence-electron chi connectivity index (χ4n) is 5.82. The molecule has 0 aromatic heterocycles. The molecule has 0 aromatic carbocycles. The lowest BCUT2D eigenvalue weighted by Gasteiger charge is -2.19. The minimum absolute atomic E-state index is 0.0245. The average Bonchev–Trinajstić information content (AvgIpc) is 3.05. The summed E-state index contributed by atoms with van der Waals surface area (Å²) in [6.07, 6.45) is 36.9. The van der Waals surface area contributed by atoms with E-state index in [4.69, 9.17) is 19.7 Å². The lowest BCUT2D eigenvalue weighted by Crippen LogP contribution is -2.29. The van der Waals surface area contributed by atoms with Gasteiger partial charge in [-0.05, 0) is 18.4 Å². The lowest BCUT2D eigenvalue weighted by atomic mass is 10.0. The average molecular weight is 640 g/mol. The van der Waals surface area contributed by atoms with Crippen molar-refractivity contribution < 1.29 is 19.3 Å². The maximum absolute atomic E-state index is 9.87. The first-order chi connectivity index (χ1) is 22.2. The van der Waals surface area contributed by atoms with E-state index in [1.54, 1.807) is 0 Å². The fraction of sp³-hybridized carbons (Fsp3) is 1.00. The Labute approximate surface area is 280 Å². The van der Waals surface area contributed by atoms with Crippen molar-refractivity contribution in [2.45, 2.75) is 206 Å². The minimum Gasteiger partial charge on any atom is -0.391 e. The Kier molecular flexibility index (Phi) is 38.6. The Morgan fingerprint density at radius 2 is 0.844 bits per heavy atom. The molecule has 2 atom stereocenters. The van der Waals surface area contributed by atoms with Crippen LogP contribution in [-0.2, 0) is 14.2 Å². The van der Waals surface area contributed by atoms with Crippen molar-refractivity contribution in [3.8, 4) is 0 Å². The van der Waals surface area contributed by atoms with Crippen LogP contribution in [0.1, 0.15) is 194 Å². The SMILES string of the molecule is CCCCCCCCCCCCCCCCOCC(COCC(O)CN=[N+]=[N-])OCCCCCCCCCCCCCCCC. The zero-order chi connectivity index (χ0) is 32.7. The highest BCUT2D eigenvalue weighted by atomic mass is 16.6. The molecule has 2 unspecified atom stereocenters. The van der Waals surface area contributed by atoms with Gasteiger partial charge in [-0.2, -0.15) is 0 Å². The van der Waals surface area contributed by atoms with Crippen molar-refractivity contribution in [2.24, 2.45) is 5.11 Å². The number of ether oxygens (including phenoxy) is 3. The summed E-state index contributed by atoms with van der Waals surface area (Å²) in [5, 5.41) is 13.3. The molecule has 1 N–H and O–H groups in total. The van der Waals surface area contributed by atoms with Gasteiger partial charge in [-0.3, -0.25) is 0 Å². The van der Waals surface area contributed by atoms with Crippen LogP contribution in [0, 0.1) is 0 Å². The molecule has 7 heteroatoms. The van der Waals surface area contributed by atoms with Crippen LogP contribution in [0.25, 0.3) is 10.4 Å². The smallest absolute Gasteiger partial charge is 0.104 e. The van der Waals surface area contributed by atoms with E-state index in [1.807, 2.05) is 0 Å². The maximum atomic E-state index is 9.87. The van der Waals surface area contributed by atoms with Crippen molar-refractivity contribution in [1.29, 1.82) is 0 Å². The zero-order valence-corrected chi connectivity index (χ0v) is 30.2. The van der Waals surface area contributed by atoms with Crippen LogP contribution in [0.5, 0.6) is 0 Å². The predicted octanol–water partition coefficient (Wildman–Crippen LogP) is 12.0. The highest BCUT2D eigenvalue weighted by Crippen LogP contribution is 2.14. The molecule has 0 bridgehead atoms. The highest BCUT2D eigenvalue weighted by Gasteiger charge is 2.12. The van der Waals surface area contributed by atoms with E-state index in [1.165, 1.54) is 167 Å². The Bertz CT molecular complexity index is 604. The summed E-state index contributed by atoms with van der Waals surface area (Å²) in [5.41, 5.74) is 8.43. The number of aliphatic hydroxyl groups excluding tert-OH is 1. The van der Waals surface area contributed by atoms with Crippen LogP contribution in [0.15, 0.2) is 5.11 Å². The van der Waals surface area contributed by atoms with Crippen LogP contribution in [0.3, 0.4) is 0 Å². The molecule has 45 heavy (non-hydrogen) atoms. The number of hydrogen-bond acceptors (Lipinski definition) is 5. The van der Waals surface area contributed by atoms with Crippen molar-refractivity contribution in [1.82, 2.24) is 0 Å². The Morgan fingerprint density at radius 3 is 1.24 bits per heavy atom. The first kappa shape index (κ1) is 44.1. The fourth-order valence-corrected chi connectivity index (χ4v) is 5.82. The van der Waals surface area contributed by atoms with Gasteiger partial charge >= 0.3 is 0 Å².